The van der Waals surface area contributed by atoms with E-state index in [2.05, 4.69) is 17.2 Å². The number of carbonyl (C=O) groups is 1. The van der Waals surface area contributed by atoms with Crippen LogP contribution in [-0.2, 0) is 17.8 Å². The van der Waals surface area contributed by atoms with Crippen LogP contribution >= 0.6 is 23.4 Å². The van der Waals surface area contributed by atoms with Crippen LogP contribution in [0.1, 0.15) is 25.3 Å². The van der Waals surface area contributed by atoms with E-state index < -0.39 is 0 Å². The van der Waals surface area contributed by atoms with Crippen molar-refractivity contribution in [1.29, 1.82) is 0 Å². The second kappa shape index (κ2) is 11.4. The zero-order valence-electron chi connectivity index (χ0n) is 19.0. The Kier molecular flexibility index (Phi) is 8.08. The number of H-pyrrole nitrogens is 1. The molecule has 8 heteroatoms. The van der Waals surface area contributed by atoms with Crippen LogP contribution in [0, 0.1) is 0 Å². The van der Waals surface area contributed by atoms with Crippen molar-refractivity contribution in [3.05, 3.63) is 81.7 Å². The lowest BCUT2D eigenvalue weighted by Gasteiger charge is -2.12. The molecule has 0 unspecified atom stereocenters. The molecule has 0 aliphatic carbocycles. The molecule has 176 valence electrons. The molecule has 0 fully saturated rings. The number of halogens is 1. The fourth-order valence-corrected chi connectivity index (χ4v) is 4.69. The predicted molar refractivity (Wildman–Crippen MR) is 140 cm³/mol. The van der Waals surface area contributed by atoms with Gasteiger partial charge in [0.25, 0.3) is 5.56 Å². The molecule has 0 radical (unpaired) electrons. The first-order valence-electron chi connectivity index (χ1n) is 11.4. The summed E-state index contributed by atoms with van der Waals surface area (Å²) in [6, 6.07) is 17.5. The highest BCUT2D eigenvalue weighted by molar-refractivity contribution is 7.99. The molecule has 2 aromatic heterocycles. The van der Waals surface area contributed by atoms with Crippen LogP contribution in [0.3, 0.4) is 0 Å². The van der Waals surface area contributed by atoms with Gasteiger partial charge in [0, 0.05) is 29.9 Å². The number of amides is 1. The molecule has 4 aromatic rings. The van der Waals surface area contributed by atoms with Crippen molar-refractivity contribution in [2.75, 3.05) is 12.3 Å². The molecule has 0 bridgehead atoms. The van der Waals surface area contributed by atoms with Crippen LogP contribution < -0.4 is 10.9 Å². The van der Waals surface area contributed by atoms with Gasteiger partial charge in [0.05, 0.1) is 5.75 Å². The highest BCUT2D eigenvalue weighted by Gasteiger charge is 2.17. The molecule has 0 saturated heterocycles. The van der Waals surface area contributed by atoms with Gasteiger partial charge < -0.3 is 10.3 Å². The first-order chi connectivity index (χ1) is 16.6. The van der Waals surface area contributed by atoms with Gasteiger partial charge >= 0.3 is 0 Å². The van der Waals surface area contributed by atoms with E-state index in [1.165, 1.54) is 11.8 Å². The Balaban J connectivity index is 1.50. The molecule has 0 saturated carbocycles. The average Bonchev–Trinajstić information content (AvgIpc) is 3.28. The Morgan fingerprint density at radius 2 is 1.91 bits per heavy atom. The van der Waals surface area contributed by atoms with Gasteiger partial charge in [-0.2, -0.15) is 0 Å². The summed E-state index contributed by atoms with van der Waals surface area (Å²) in [6.07, 6.45) is 4.37. The lowest BCUT2D eigenvalue weighted by Crippen LogP contribution is -2.28. The van der Waals surface area contributed by atoms with Gasteiger partial charge in [-0.05, 0) is 36.1 Å². The highest BCUT2D eigenvalue weighted by atomic mass is 35.5. The third-order valence-corrected chi connectivity index (χ3v) is 6.78. The number of nitrogens with zero attached hydrogens (tertiary/aromatic N) is 2. The number of benzene rings is 2. The van der Waals surface area contributed by atoms with Crippen LogP contribution in [-0.4, -0.2) is 32.7 Å². The van der Waals surface area contributed by atoms with E-state index in [4.69, 9.17) is 16.6 Å². The number of carbonyl (C=O) groups excluding carboxylic acids is 1. The Morgan fingerprint density at radius 1 is 1.15 bits per heavy atom. The van der Waals surface area contributed by atoms with E-state index in [-0.39, 0.29) is 17.2 Å². The van der Waals surface area contributed by atoms with Crippen molar-refractivity contribution in [3.63, 3.8) is 0 Å². The summed E-state index contributed by atoms with van der Waals surface area (Å²) in [4.78, 5) is 33.7. The molecule has 34 heavy (non-hydrogen) atoms. The van der Waals surface area contributed by atoms with Crippen LogP contribution in [0.25, 0.3) is 22.2 Å². The van der Waals surface area contributed by atoms with Crippen molar-refractivity contribution >= 4 is 40.3 Å². The monoisotopic (exact) mass is 494 g/mol. The van der Waals surface area contributed by atoms with Gasteiger partial charge in [0.1, 0.15) is 11.0 Å². The largest absolute Gasteiger partial charge is 0.355 e. The Hall–Kier alpha value is -3.03. The zero-order valence-corrected chi connectivity index (χ0v) is 20.6. The summed E-state index contributed by atoms with van der Waals surface area (Å²) >= 11 is 7.22. The number of thioether (sulfide) groups is 1. The first kappa shape index (κ1) is 24.1. The van der Waals surface area contributed by atoms with Crippen molar-refractivity contribution in [2.24, 2.45) is 0 Å². The topological polar surface area (TPSA) is 79.8 Å². The molecule has 2 heterocycles. The zero-order chi connectivity index (χ0) is 23.9. The molecule has 1 amide bonds. The summed E-state index contributed by atoms with van der Waals surface area (Å²) in [5.41, 5.74) is 4.00. The smallest absolute Gasteiger partial charge is 0.278 e. The van der Waals surface area contributed by atoms with Crippen molar-refractivity contribution in [2.45, 2.75) is 37.9 Å². The maximum atomic E-state index is 13.3. The van der Waals surface area contributed by atoms with Gasteiger partial charge in [-0.3, -0.25) is 14.2 Å². The van der Waals surface area contributed by atoms with Crippen LogP contribution in [0.2, 0.25) is 5.02 Å². The van der Waals surface area contributed by atoms with Crippen LogP contribution in [0.15, 0.2) is 70.7 Å². The quantitative estimate of drug-likeness (QED) is 0.232. The number of aromatic nitrogens is 3. The Bertz CT molecular complexity index is 1320. The van der Waals surface area contributed by atoms with Gasteiger partial charge in [-0.15, -0.1) is 0 Å². The molecule has 0 atom stereocenters. The van der Waals surface area contributed by atoms with Gasteiger partial charge in [-0.25, -0.2) is 4.98 Å². The normalized spacial score (nSPS) is 11.1. The molecular weight excluding hydrogens is 468 g/mol. The first-order valence-corrected chi connectivity index (χ1v) is 12.7. The number of hydrogen-bond donors (Lipinski definition) is 2. The minimum atomic E-state index is -0.105. The molecule has 2 N–H and O–H groups in total. The fraction of sp³-hybridized carbons (Fsp3) is 0.269. The second-order valence-corrected chi connectivity index (χ2v) is 9.39. The third kappa shape index (κ3) is 5.72. The molecule has 6 nitrogen and oxygen atoms in total. The summed E-state index contributed by atoms with van der Waals surface area (Å²) in [5.74, 6) is 0.100. The van der Waals surface area contributed by atoms with E-state index in [0.717, 1.165) is 36.0 Å². The fourth-order valence-electron chi connectivity index (χ4n) is 3.71. The minimum Gasteiger partial charge on any atom is -0.355 e. The summed E-state index contributed by atoms with van der Waals surface area (Å²) in [6.45, 7) is 3.19. The van der Waals surface area contributed by atoms with Crippen molar-refractivity contribution < 1.29 is 4.79 Å². The van der Waals surface area contributed by atoms with Crippen LogP contribution in [0.4, 0.5) is 0 Å². The van der Waals surface area contributed by atoms with Crippen LogP contribution in [0.5, 0.6) is 0 Å². The third-order valence-electron chi connectivity index (χ3n) is 5.55. The number of nitrogens with one attached hydrogen (secondary N) is 2. The van der Waals surface area contributed by atoms with E-state index in [1.807, 2.05) is 60.8 Å². The lowest BCUT2D eigenvalue weighted by atomic mass is 10.1. The molecule has 4 rings (SSSR count). The molecule has 0 spiro atoms. The number of fused-ring (bicyclic) bond motifs is 1. The van der Waals surface area contributed by atoms with Gasteiger partial charge in [-0.1, -0.05) is 79.2 Å². The van der Waals surface area contributed by atoms with Crippen molar-refractivity contribution in [1.82, 2.24) is 19.9 Å². The Labute approximate surface area is 207 Å². The number of rotatable bonds is 10. The predicted octanol–water partition coefficient (Wildman–Crippen LogP) is 5.30. The maximum absolute atomic E-state index is 13.3. The average molecular weight is 495 g/mol. The molecular formula is C26H27ClN4O2S. The Morgan fingerprint density at radius 3 is 2.65 bits per heavy atom. The number of hydrogen-bond acceptors (Lipinski definition) is 4. The SMILES string of the molecule is CCCCn1c(SCC(=O)NCCc2ccc(Cl)cc2)nc2c(-c3ccccc3)c[nH]c2c1=O. The van der Waals surface area contributed by atoms with E-state index in [1.54, 1.807) is 4.57 Å². The summed E-state index contributed by atoms with van der Waals surface area (Å²) in [7, 11) is 0. The number of unbranched alkanes of at least 4 members (excludes halogenated alkanes) is 1. The van der Waals surface area contributed by atoms with Crippen molar-refractivity contribution in [3.8, 4) is 11.1 Å². The highest BCUT2D eigenvalue weighted by Crippen LogP contribution is 2.27. The molecule has 2 aromatic carbocycles. The summed E-state index contributed by atoms with van der Waals surface area (Å²) < 4.78 is 1.68. The maximum Gasteiger partial charge on any atom is 0.278 e. The van der Waals surface area contributed by atoms with E-state index in [0.29, 0.717) is 34.3 Å². The van der Waals surface area contributed by atoms with Gasteiger partial charge in [0.15, 0.2) is 5.16 Å². The molecule has 0 aliphatic rings. The lowest BCUT2D eigenvalue weighted by molar-refractivity contribution is -0.118. The minimum absolute atomic E-state index is 0.0901. The van der Waals surface area contributed by atoms with Gasteiger partial charge in [0.2, 0.25) is 5.91 Å². The van der Waals surface area contributed by atoms with E-state index >= 15 is 0 Å². The summed E-state index contributed by atoms with van der Waals surface area (Å²) in [5, 5.41) is 4.21. The standard InChI is InChI=1S/C26H27ClN4O2S/c1-2-3-15-31-25(33)24-23(21(16-29-24)19-7-5-4-6-8-19)30-26(31)34-17-22(32)28-14-13-18-9-11-20(27)12-10-18/h4-12,16,29H,2-3,13-15,17H2,1H3,(H,28,32). The number of aromatic amines is 1. The molecule has 0 aliphatic heterocycles. The second-order valence-electron chi connectivity index (χ2n) is 8.01. The van der Waals surface area contributed by atoms with E-state index in [9.17, 15) is 9.59 Å².